The molecule has 0 atom stereocenters. The summed E-state index contributed by atoms with van der Waals surface area (Å²) in [5.41, 5.74) is -0.112. The Labute approximate surface area is 144 Å². The lowest BCUT2D eigenvalue weighted by atomic mass is 10.2. The fourth-order valence-electron chi connectivity index (χ4n) is 2.07. The predicted molar refractivity (Wildman–Crippen MR) is 87.1 cm³/mol. The maximum atomic E-state index is 12.0. The summed E-state index contributed by atoms with van der Waals surface area (Å²) in [5, 5.41) is 15.2. The van der Waals surface area contributed by atoms with Crippen molar-refractivity contribution >= 4 is 27.4 Å². The van der Waals surface area contributed by atoms with Gasteiger partial charge in [-0.05, 0) is 31.5 Å². The molecule has 0 fully saturated rings. The number of nitrogens with one attached hydrogen (secondary N) is 1. The molecule has 1 heterocycles. The van der Waals surface area contributed by atoms with Crippen molar-refractivity contribution in [2.75, 3.05) is 11.6 Å². The van der Waals surface area contributed by atoms with Crippen LogP contribution in [0, 0.1) is 6.92 Å². The van der Waals surface area contributed by atoms with E-state index in [9.17, 15) is 18.0 Å². The Morgan fingerprint density at radius 1 is 1.28 bits per heavy atom. The lowest BCUT2D eigenvalue weighted by molar-refractivity contribution is -0.116. The average Bonchev–Trinajstić information content (AvgIpc) is 2.91. The van der Waals surface area contributed by atoms with Crippen molar-refractivity contribution in [2.24, 2.45) is 0 Å². The van der Waals surface area contributed by atoms with E-state index < -0.39 is 15.8 Å². The minimum absolute atomic E-state index is 0.110. The summed E-state index contributed by atoms with van der Waals surface area (Å²) in [6, 6.07) is 3.47. The number of hydrogen-bond acceptors (Lipinski definition) is 7. The first-order chi connectivity index (χ1) is 11.6. The lowest BCUT2D eigenvalue weighted by Gasteiger charge is -2.08. The molecular weight excluding hydrogens is 350 g/mol. The molecule has 0 aliphatic heterocycles. The molecule has 0 aliphatic rings. The van der Waals surface area contributed by atoms with Crippen LogP contribution in [0.3, 0.4) is 0 Å². The van der Waals surface area contributed by atoms with Crippen molar-refractivity contribution in [3.8, 4) is 0 Å². The number of carbonyl (C=O) groups excluding carboxylic acids is 1. The third-order valence-corrected chi connectivity index (χ3v) is 4.32. The van der Waals surface area contributed by atoms with Gasteiger partial charge in [-0.15, -0.1) is 0 Å². The standard InChI is InChI=1S/C15H17N3O6S/c1-9-16-14(24-18-9)5-3-4-13(19)17-11-6-10(15(20)21)7-12(8-11)25(2,22)23/h6-8H,3-5H2,1-2H3,(H,17,19)(H,20,21). The van der Waals surface area contributed by atoms with Crippen LogP contribution in [0.4, 0.5) is 5.69 Å². The van der Waals surface area contributed by atoms with E-state index in [1.807, 2.05) is 0 Å². The van der Waals surface area contributed by atoms with Gasteiger partial charge >= 0.3 is 5.97 Å². The normalized spacial score (nSPS) is 11.3. The topological polar surface area (TPSA) is 139 Å². The van der Waals surface area contributed by atoms with Gasteiger partial charge in [0, 0.05) is 24.8 Å². The summed E-state index contributed by atoms with van der Waals surface area (Å²) in [6.07, 6.45) is 1.97. The lowest BCUT2D eigenvalue weighted by Crippen LogP contribution is -2.13. The van der Waals surface area contributed by atoms with Crippen molar-refractivity contribution in [2.45, 2.75) is 31.1 Å². The molecule has 0 radical (unpaired) electrons. The Kier molecular flexibility index (Phi) is 5.52. The van der Waals surface area contributed by atoms with Crippen LogP contribution in [-0.2, 0) is 21.1 Å². The summed E-state index contributed by atoms with van der Waals surface area (Å²) in [7, 11) is -3.61. The smallest absolute Gasteiger partial charge is 0.335 e. The minimum Gasteiger partial charge on any atom is -0.478 e. The molecule has 2 aromatic rings. The van der Waals surface area contributed by atoms with Gasteiger partial charge in [0.2, 0.25) is 11.8 Å². The first-order valence-corrected chi connectivity index (χ1v) is 9.22. The van der Waals surface area contributed by atoms with E-state index in [2.05, 4.69) is 15.5 Å². The Balaban J connectivity index is 2.04. The van der Waals surface area contributed by atoms with Crippen LogP contribution in [0.15, 0.2) is 27.6 Å². The molecule has 25 heavy (non-hydrogen) atoms. The van der Waals surface area contributed by atoms with E-state index in [4.69, 9.17) is 9.63 Å². The summed E-state index contributed by atoms with van der Waals surface area (Å²) in [5.74, 6) is -0.721. The largest absolute Gasteiger partial charge is 0.478 e. The fraction of sp³-hybridized carbons (Fsp3) is 0.333. The summed E-state index contributed by atoms with van der Waals surface area (Å²) < 4.78 is 28.2. The van der Waals surface area contributed by atoms with E-state index in [0.717, 1.165) is 12.3 Å². The molecular formula is C15H17N3O6S. The number of carboxylic acids is 1. The fourth-order valence-corrected chi connectivity index (χ4v) is 2.76. The second kappa shape index (κ2) is 7.43. The zero-order chi connectivity index (χ0) is 18.6. The van der Waals surface area contributed by atoms with Crippen molar-refractivity contribution in [3.63, 3.8) is 0 Å². The van der Waals surface area contributed by atoms with E-state index in [1.54, 1.807) is 6.92 Å². The predicted octanol–water partition coefficient (Wildman–Crippen LogP) is 1.44. The third-order valence-electron chi connectivity index (χ3n) is 3.23. The maximum absolute atomic E-state index is 12.0. The summed E-state index contributed by atoms with van der Waals surface area (Å²) in [6.45, 7) is 1.69. The van der Waals surface area contributed by atoms with Crippen LogP contribution in [0.5, 0.6) is 0 Å². The van der Waals surface area contributed by atoms with Crippen LogP contribution >= 0.6 is 0 Å². The van der Waals surface area contributed by atoms with Gasteiger partial charge < -0.3 is 14.9 Å². The Bertz CT molecular complexity index is 904. The van der Waals surface area contributed by atoms with Gasteiger partial charge in [-0.25, -0.2) is 13.2 Å². The molecule has 0 saturated carbocycles. The van der Waals surface area contributed by atoms with Crippen molar-refractivity contribution in [1.82, 2.24) is 10.1 Å². The van der Waals surface area contributed by atoms with E-state index in [1.165, 1.54) is 12.1 Å². The number of anilines is 1. The van der Waals surface area contributed by atoms with Crippen LogP contribution in [0.2, 0.25) is 0 Å². The van der Waals surface area contributed by atoms with Crippen LogP contribution in [-0.4, -0.2) is 41.8 Å². The number of aromatic carboxylic acids is 1. The third kappa shape index (κ3) is 5.38. The van der Waals surface area contributed by atoms with Crippen molar-refractivity contribution in [1.29, 1.82) is 0 Å². The Morgan fingerprint density at radius 2 is 2.00 bits per heavy atom. The molecule has 0 saturated heterocycles. The molecule has 0 spiro atoms. The summed E-state index contributed by atoms with van der Waals surface area (Å²) >= 11 is 0. The number of aromatic nitrogens is 2. The molecule has 134 valence electrons. The van der Waals surface area contributed by atoms with Crippen molar-refractivity contribution in [3.05, 3.63) is 35.5 Å². The zero-order valence-electron chi connectivity index (χ0n) is 13.6. The number of nitrogens with zero attached hydrogens (tertiary/aromatic N) is 2. The van der Waals surface area contributed by atoms with E-state index >= 15 is 0 Å². The number of sulfone groups is 1. The quantitative estimate of drug-likeness (QED) is 0.749. The Hall–Kier alpha value is -2.75. The number of rotatable bonds is 7. The van der Waals surface area contributed by atoms with Gasteiger partial charge in [0.1, 0.15) is 0 Å². The Morgan fingerprint density at radius 3 is 2.56 bits per heavy atom. The number of carbonyl (C=O) groups is 2. The van der Waals surface area contributed by atoms with Gasteiger partial charge in [0.05, 0.1) is 10.5 Å². The van der Waals surface area contributed by atoms with Crippen LogP contribution in [0.25, 0.3) is 0 Å². The minimum atomic E-state index is -3.61. The zero-order valence-corrected chi connectivity index (χ0v) is 14.5. The number of aryl methyl sites for hydroxylation is 2. The average molecular weight is 367 g/mol. The molecule has 10 heteroatoms. The first-order valence-electron chi connectivity index (χ1n) is 7.32. The molecule has 9 nitrogen and oxygen atoms in total. The number of hydrogen-bond donors (Lipinski definition) is 2. The molecule has 1 aromatic heterocycles. The molecule has 0 unspecified atom stereocenters. The van der Waals surface area contributed by atoms with Gasteiger partial charge in [-0.2, -0.15) is 4.98 Å². The molecule has 0 bridgehead atoms. The molecule has 1 amide bonds. The second-order valence-electron chi connectivity index (χ2n) is 5.46. The van der Waals surface area contributed by atoms with E-state index in [0.29, 0.717) is 24.6 Å². The van der Waals surface area contributed by atoms with Crippen molar-refractivity contribution < 1.29 is 27.6 Å². The van der Waals surface area contributed by atoms with E-state index in [-0.39, 0.29) is 28.5 Å². The highest BCUT2D eigenvalue weighted by Gasteiger charge is 2.15. The molecule has 2 rings (SSSR count). The molecule has 1 aromatic carbocycles. The monoisotopic (exact) mass is 367 g/mol. The van der Waals surface area contributed by atoms with Gasteiger partial charge in [0.15, 0.2) is 15.7 Å². The summed E-state index contributed by atoms with van der Waals surface area (Å²) in [4.78, 5) is 26.9. The highest BCUT2D eigenvalue weighted by molar-refractivity contribution is 7.90. The first kappa shape index (κ1) is 18.6. The van der Waals surface area contributed by atoms with Gasteiger partial charge in [0.25, 0.3) is 0 Å². The van der Waals surface area contributed by atoms with Gasteiger partial charge in [-0.1, -0.05) is 5.16 Å². The number of carboxylic acid groups (broad SMARTS) is 1. The number of benzene rings is 1. The molecule has 0 aliphatic carbocycles. The molecule has 2 N–H and O–H groups in total. The number of amides is 1. The second-order valence-corrected chi connectivity index (χ2v) is 7.48. The highest BCUT2D eigenvalue weighted by Crippen LogP contribution is 2.20. The van der Waals surface area contributed by atoms with Crippen LogP contribution < -0.4 is 5.32 Å². The van der Waals surface area contributed by atoms with Crippen LogP contribution in [0.1, 0.15) is 34.9 Å². The van der Waals surface area contributed by atoms with Gasteiger partial charge in [-0.3, -0.25) is 4.79 Å². The highest BCUT2D eigenvalue weighted by atomic mass is 32.2. The maximum Gasteiger partial charge on any atom is 0.335 e. The SMILES string of the molecule is Cc1noc(CCCC(=O)Nc2cc(C(=O)O)cc(S(C)(=O)=O)c2)n1.